The van der Waals surface area contributed by atoms with E-state index in [2.05, 4.69) is 30.9 Å². The zero-order valence-corrected chi connectivity index (χ0v) is 14.0. The van der Waals surface area contributed by atoms with Crippen molar-refractivity contribution in [1.82, 2.24) is 15.0 Å². The third-order valence-corrected chi connectivity index (χ3v) is 4.44. The summed E-state index contributed by atoms with van der Waals surface area (Å²) in [6.45, 7) is 8.07. The normalized spacial score (nSPS) is 22.9. The molecule has 1 saturated heterocycles. The number of hydrogen-bond donors (Lipinski definition) is 0. The third-order valence-electron chi connectivity index (χ3n) is 4.44. The van der Waals surface area contributed by atoms with Gasteiger partial charge < -0.3 is 9.42 Å². The molecule has 1 aliphatic carbocycles. The Labute approximate surface area is 132 Å². The number of carbonyl (C=O) groups excluding carboxylic acids is 1. The van der Waals surface area contributed by atoms with Gasteiger partial charge in [-0.1, -0.05) is 25.9 Å². The Morgan fingerprint density at radius 1 is 1.32 bits per heavy atom. The number of carbonyl (C=O) groups is 1. The fourth-order valence-corrected chi connectivity index (χ4v) is 3.13. The van der Waals surface area contributed by atoms with Gasteiger partial charge in [0.1, 0.15) is 0 Å². The molecule has 1 unspecified atom stereocenters. The maximum Gasteiger partial charge on any atom is 0.226 e. The first-order valence-electron chi connectivity index (χ1n) is 8.51. The van der Waals surface area contributed by atoms with Crippen molar-refractivity contribution in [2.24, 2.45) is 11.3 Å². The minimum atomic E-state index is 0.0513. The Kier molecular flexibility index (Phi) is 4.24. The van der Waals surface area contributed by atoms with Gasteiger partial charge >= 0.3 is 0 Å². The van der Waals surface area contributed by atoms with Crippen LogP contribution in [0.1, 0.15) is 70.5 Å². The van der Waals surface area contributed by atoms with Gasteiger partial charge in [-0.3, -0.25) is 4.79 Å². The lowest BCUT2D eigenvalue weighted by Gasteiger charge is -2.34. The van der Waals surface area contributed by atoms with Crippen LogP contribution < -0.4 is 0 Å². The van der Waals surface area contributed by atoms with Crippen LogP contribution in [0.2, 0.25) is 0 Å². The van der Waals surface area contributed by atoms with Crippen molar-refractivity contribution >= 4 is 5.91 Å². The molecule has 2 heterocycles. The Morgan fingerprint density at radius 2 is 2.09 bits per heavy atom. The number of piperidine rings is 1. The van der Waals surface area contributed by atoms with E-state index in [1.807, 2.05) is 4.90 Å². The SMILES string of the molecule is CC(C)(C)CC(=O)N1CCCC(Cc2nc(C3CC3)no2)C1. The standard InChI is InChI=1S/C17H27N3O2/c1-17(2,3)10-15(21)20-8-4-5-12(11-20)9-14-18-16(19-22-14)13-6-7-13/h12-13H,4-11H2,1-3H3. The van der Waals surface area contributed by atoms with Gasteiger partial charge in [-0.05, 0) is 37.0 Å². The maximum absolute atomic E-state index is 12.4. The molecule has 122 valence electrons. The highest BCUT2D eigenvalue weighted by Crippen LogP contribution is 2.38. The maximum atomic E-state index is 12.4. The van der Waals surface area contributed by atoms with Crippen molar-refractivity contribution in [3.63, 3.8) is 0 Å². The molecule has 2 fully saturated rings. The number of likely N-dealkylation sites (tertiary alicyclic amines) is 1. The van der Waals surface area contributed by atoms with Crippen molar-refractivity contribution in [2.45, 2.75) is 65.2 Å². The Morgan fingerprint density at radius 3 is 2.77 bits per heavy atom. The van der Waals surface area contributed by atoms with Gasteiger partial charge in [-0.25, -0.2) is 0 Å². The van der Waals surface area contributed by atoms with Crippen molar-refractivity contribution in [2.75, 3.05) is 13.1 Å². The summed E-state index contributed by atoms with van der Waals surface area (Å²) in [6, 6.07) is 0. The molecule has 5 heteroatoms. The predicted octanol–water partition coefficient (Wildman–Crippen LogP) is 3.16. The quantitative estimate of drug-likeness (QED) is 0.857. The molecule has 22 heavy (non-hydrogen) atoms. The molecule has 0 bridgehead atoms. The van der Waals surface area contributed by atoms with Crippen LogP contribution in [0.25, 0.3) is 0 Å². The topological polar surface area (TPSA) is 59.2 Å². The summed E-state index contributed by atoms with van der Waals surface area (Å²) in [5, 5.41) is 4.08. The number of hydrogen-bond acceptors (Lipinski definition) is 4. The number of aromatic nitrogens is 2. The summed E-state index contributed by atoms with van der Waals surface area (Å²) in [5.41, 5.74) is 0.0513. The van der Waals surface area contributed by atoms with E-state index >= 15 is 0 Å². The zero-order valence-electron chi connectivity index (χ0n) is 14.0. The average molecular weight is 305 g/mol. The fraction of sp³-hybridized carbons (Fsp3) is 0.824. The van der Waals surface area contributed by atoms with Gasteiger partial charge in [0.2, 0.25) is 11.8 Å². The van der Waals surface area contributed by atoms with Gasteiger partial charge in [-0.15, -0.1) is 0 Å². The lowest BCUT2D eigenvalue weighted by atomic mass is 9.89. The van der Waals surface area contributed by atoms with Gasteiger partial charge in [0.05, 0.1) is 0 Å². The van der Waals surface area contributed by atoms with E-state index in [9.17, 15) is 4.79 Å². The van der Waals surface area contributed by atoms with Crippen molar-refractivity contribution in [3.05, 3.63) is 11.7 Å². The predicted molar refractivity (Wildman–Crippen MR) is 83.4 cm³/mol. The summed E-state index contributed by atoms with van der Waals surface area (Å²) >= 11 is 0. The zero-order chi connectivity index (χ0) is 15.7. The molecule has 1 atom stereocenters. The lowest BCUT2D eigenvalue weighted by Crippen LogP contribution is -2.41. The summed E-state index contributed by atoms with van der Waals surface area (Å²) in [7, 11) is 0. The number of rotatable bonds is 4. The second-order valence-electron chi connectivity index (χ2n) is 8.11. The molecule has 1 aliphatic heterocycles. The van der Waals surface area contributed by atoms with Crippen molar-refractivity contribution in [3.8, 4) is 0 Å². The van der Waals surface area contributed by atoms with E-state index in [0.717, 1.165) is 44.1 Å². The monoisotopic (exact) mass is 305 g/mol. The summed E-state index contributed by atoms with van der Waals surface area (Å²) in [4.78, 5) is 18.9. The van der Waals surface area contributed by atoms with Crippen LogP contribution in [0.15, 0.2) is 4.52 Å². The van der Waals surface area contributed by atoms with Gasteiger partial charge in [-0.2, -0.15) is 4.98 Å². The molecule has 1 aromatic rings. The lowest BCUT2D eigenvalue weighted by molar-refractivity contribution is -0.134. The first-order chi connectivity index (χ1) is 10.4. The van der Waals surface area contributed by atoms with E-state index in [4.69, 9.17) is 4.52 Å². The highest BCUT2D eigenvalue weighted by molar-refractivity contribution is 5.76. The molecule has 1 saturated carbocycles. The Hall–Kier alpha value is -1.39. The first-order valence-corrected chi connectivity index (χ1v) is 8.51. The molecule has 0 radical (unpaired) electrons. The minimum Gasteiger partial charge on any atom is -0.342 e. The Bertz CT molecular complexity index is 528. The van der Waals surface area contributed by atoms with Crippen LogP contribution in [-0.2, 0) is 11.2 Å². The molecule has 0 N–H and O–H groups in total. The van der Waals surface area contributed by atoms with Crippen LogP contribution in [0.4, 0.5) is 0 Å². The van der Waals surface area contributed by atoms with E-state index in [1.165, 1.54) is 12.8 Å². The summed E-state index contributed by atoms with van der Waals surface area (Å²) in [5.74, 6) is 2.89. The minimum absolute atomic E-state index is 0.0513. The fourth-order valence-electron chi connectivity index (χ4n) is 3.13. The molecule has 0 aromatic carbocycles. The van der Waals surface area contributed by atoms with Crippen molar-refractivity contribution in [1.29, 1.82) is 0 Å². The highest BCUT2D eigenvalue weighted by Gasteiger charge is 2.30. The van der Waals surface area contributed by atoms with Crippen LogP contribution in [-0.4, -0.2) is 34.0 Å². The molecular weight excluding hydrogens is 278 g/mol. The van der Waals surface area contributed by atoms with Gasteiger partial charge in [0.25, 0.3) is 0 Å². The Balaban J connectivity index is 1.54. The van der Waals surface area contributed by atoms with Crippen LogP contribution >= 0.6 is 0 Å². The number of nitrogens with zero attached hydrogens (tertiary/aromatic N) is 3. The van der Waals surface area contributed by atoms with E-state index in [0.29, 0.717) is 18.3 Å². The average Bonchev–Trinajstić information content (AvgIpc) is 3.18. The van der Waals surface area contributed by atoms with Crippen LogP contribution in [0.3, 0.4) is 0 Å². The smallest absolute Gasteiger partial charge is 0.226 e. The summed E-state index contributed by atoms with van der Waals surface area (Å²) in [6.07, 6.45) is 6.02. The highest BCUT2D eigenvalue weighted by atomic mass is 16.5. The molecule has 3 rings (SSSR count). The second kappa shape index (κ2) is 6.01. The van der Waals surface area contributed by atoms with Gasteiger partial charge in [0, 0.05) is 31.8 Å². The number of amides is 1. The van der Waals surface area contributed by atoms with Crippen molar-refractivity contribution < 1.29 is 9.32 Å². The second-order valence-corrected chi connectivity index (χ2v) is 8.11. The first kappa shape index (κ1) is 15.5. The van der Waals surface area contributed by atoms with Crippen LogP contribution in [0, 0.1) is 11.3 Å². The van der Waals surface area contributed by atoms with E-state index < -0.39 is 0 Å². The van der Waals surface area contributed by atoms with E-state index in [1.54, 1.807) is 0 Å². The summed E-state index contributed by atoms with van der Waals surface area (Å²) < 4.78 is 5.38. The third kappa shape index (κ3) is 4.08. The molecule has 2 aliphatic rings. The molecule has 1 amide bonds. The molecule has 5 nitrogen and oxygen atoms in total. The molecule has 1 aromatic heterocycles. The molecular formula is C17H27N3O2. The van der Waals surface area contributed by atoms with Gasteiger partial charge in [0.15, 0.2) is 5.82 Å². The van der Waals surface area contributed by atoms with Crippen LogP contribution in [0.5, 0.6) is 0 Å². The molecule has 0 spiro atoms. The van der Waals surface area contributed by atoms with E-state index in [-0.39, 0.29) is 11.3 Å². The largest absolute Gasteiger partial charge is 0.342 e.